The van der Waals surface area contributed by atoms with E-state index in [0.717, 1.165) is 36.0 Å². The monoisotopic (exact) mass is 360 g/mol. The first kappa shape index (κ1) is 18.7. The molecule has 0 spiro atoms. The number of β-amino-alcohol motifs (C(OH)–C–C–N with tert-alkyl or cyclic N) is 1. The highest BCUT2D eigenvalue weighted by atomic mass is 16.5. The molecule has 2 atom stereocenters. The third kappa shape index (κ3) is 5.22. The molecule has 1 aliphatic heterocycles. The van der Waals surface area contributed by atoms with Crippen molar-refractivity contribution in [3.8, 4) is 11.5 Å². The standard InChI is InChI=1S/C20H28N2O4/c1-14(2)25-18-6-4-5-17(11-18)24-8-7-22-12-16(20(23)13-22)10-19-9-15(3)21-26-19/h4-6,9,11,14,16,20,23H,7-8,10,12-13H2,1-3H3/t16-,20+/m1/s1. The molecule has 1 aliphatic rings. The summed E-state index contributed by atoms with van der Waals surface area (Å²) < 4.78 is 16.8. The van der Waals surface area contributed by atoms with Crippen LogP contribution in [0.2, 0.25) is 0 Å². The molecule has 0 saturated carbocycles. The Labute approximate surface area is 154 Å². The summed E-state index contributed by atoms with van der Waals surface area (Å²) in [4.78, 5) is 2.23. The Kier molecular flexibility index (Phi) is 6.16. The maximum Gasteiger partial charge on any atom is 0.137 e. The van der Waals surface area contributed by atoms with Crippen LogP contribution >= 0.6 is 0 Å². The lowest BCUT2D eigenvalue weighted by Gasteiger charge is -2.16. The number of likely N-dealkylation sites (tertiary alicyclic amines) is 1. The van der Waals surface area contributed by atoms with Crippen LogP contribution in [0, 0.1) is 12.8 Å². The van der Waals surface area contributed by atoms with Crippen LogP contribution < -0.4 is 9.47 Å². The Bertz CT molecular complexity index is 701. The van der Waals surface area contributed by atoms with E-state index in [4.69, 9.17) is 14.0 Å². The molecule has 1 aromatic carbocycles. The highest BCUT2D eigenvalue weighted by Crippen LogP contribution is 2.23. The first-order valence-corrected chi connectivity index (χ1v) is 9.21. The van der Waals surface area contributed by atoms with E-state index in [1.165, 1.54) is 0 Å². The molecule has 2 heterocycles. The molecular formula is C20H28N2O4. The van der Waals surface area contributed by atoms with Crippen molar-refractivity contribution in [2.24, 2.45) is 5.92 Å². The summed E-state index contributed by atoms with van der Waals surface area (Å²) in [5, 5.41) is 14.2. The molecule has 0 aliphatic carbocycles. The van der Waals surface area contributed by atoms with Crippen LogP contribution in [0.1, 0.15) is 25.3 Å². The van der Waals surface area contributed by atoms with Gasteiger partial charge in [-0.05, 0) is 32.9 Å². The minimum Gasteiger partial charge on any atom is -0.492 e. The molecule has 1 saturated heterocycles. The molecule has 142 valence electrons. The van der Waals surface area contributed by atoms with Crippen LogP contribution in [-0.2, 0) is 6.42 Å². The fourth-order valence-electron chi connectivity index (χ4n) is 3.30. The predicted octanol–water partition coefficient (Wildman–Crippen LogP) is 2.68. The second kappa shape index (κ2) is 8.56. The Hall–Kier alpha value is -2.05. The van der Waals surface area contributed by atoms with Gasteiger partial charge in [-0.15, -0.1) is 0 Å². The number of ether oxygens (including phenoxy) is 2. The van der Waals surface area contributed by atoms with E-state index < -0.39 is 0 Å². The quantitative estimate of drug-likeness (QED) is 0.781. The topological polar surface area (TPSA) is 68.0 Å². The summed E-state index contributed by atoms with van der Waals surface area (Å²) in [6.07, 6.45) is 0.512. The van der Waals surface area contributed by atoms with Crippen LogP contribution in [0.15, 0.2) is 34.9 Å². The van der Waals surface area contributed by atoms with Gasteiger partial charge in [-0.3, -0.25) is 4.90 Å². The third-order valence-electron chi connectivity index (χ3n) is 4.48. The molecule has 0 amide bonds. The summed E-state index contributed by atoms with van der Waals surface area (Å²) in [6.45, 7) is 8.76. The predicted molar refractivity (Wildman–Crippen MR) is 98.6 cm³/mol. The Morgan fingerprint density at radius 2 is 2.08 bits per heavy atom. The van der Waals surface area contributed by atoms with Gasteiger partial charge >= 0.3 is 0 Å². The molecule has 1 aromatic heterocycles. The molecule has 2 aromatic rings. The second-order valence-electron chi connectivity index (χ2n) is 7.22. The molecule has 1 fully saturated rings. The molecule has 6 nitrogen and oxygen atoms in total. The Morgan fingerprint density at radius 1 is 1.27 bits per heavy atom. The fourth-order valence-corrected chi connectivity index (χ4v) is 3.30. The minimum absolute atomic E-state index is 0.140. The number of hydrogen-bond donors (Lipinski definition) is 1. The number of nitrogens with zero attached hydrogens (tertiary/aromatic N) is 2. The SMILES string of the molecule is Cc1cc(C[C@@H]2CN(CCOc3cccc(OC(C)C)c3)C[C@@H]2O)on1. The van der Waals surface area contributed by atoms with E-state index in [1.54, 1.807) is 0 Å². The summed E-state index contributed by atoms with van der Waals surface area (Å²) in [6, 6.07) is 9.64. The lowest BCUT2D eigenvalue weighted by atomic mass is 10.0. The average molecular weight is 360 g/mol. The number of rotatable bonds is 8. The number of aliphatic hydroxyl groups is 1. The summed E-state index contributed by atoms with van der Waals surface area (Å²) in [5.41, 5.74) is 0.876. The lowest BCUT2D eigenvalue weighted by molar-refractivity contribution is 0.136. The van der Waals surface area contributed by atoms with Crippen molar-refractivity contribution in [3.05, 3.63) is 41.8 Å². The average Bonchev–Trinajstić information content (AvgIpc) is 3.13. The van der Waals surface area contributed by atoms with Crippen molar-refractivity contribution in [1.29, 1.82) is 0 Å². The van der Waals surface area contributed by atoms with Gasteiger partial charge in [-0.1, -0.05) is 11.2 Å². The first-order chi connectivity index (χ1) is 12.5. The maximum atomic E-state index is 10.3. The summed E-state index contributed by atoms with van der Waals surface area (Å²) in [7, 11) is 0. The van der Waals surface area contributed by atoms with Gasteiger partial charge in [0.2, 0.25) is 0 Å². The normalized spacial score (nSPS) is 20.7. The van der Waals surface area contributed by atoms with Gasteiger partial charge in [0.15, 0.2) is 0 Å². The van der Waals surface area contributed by atoms with Gasteiger partial charge in [0.25, 0.3) is 0 Å². The Morgan fingerprint density at radius 3 is 2.81 bits per heavy atom. The van der Waals surface area contributed by atoms with Crippen molar-refractivity contribution in [1.82, 2.24) is 10.1 Å². The smallest absolute Gasteiger partial charge is 0.137 e. The lowest BCUT2D eigenvalue weighted by Crippen LogP contribution is -2.27. The van der Waals surface area contributed by atoms with Gasteiger partial charge in [0.1, 0.15) is 23.9 Å². The van der Waals surface area contributed by atoms with Gasteiger partial charge < -0.3 is 19.1 Å². The maximum absolute atomic E-state index is 10.3. The number of benzene rings is 1. The molecule has 0 unspecified atom stereocenters. The number of aliphatic hydroxyl groups excluding tert-OH is 1. The van der Waals surface area contributed by atoms with E-state index in [-0.39, 0.29) is 18.1 Å². The number of hydrogen-bond acceptors (Lipinski definition) is 6. The molecule has 0 bridgehead atoms. The largest absolute Gasteiger partial charge is 0.492 e. The highest BCUT2D eigenvalue weighted by Gasteiger charge is 2.32. The summed E-state index contributed by atoms with van der Waals surface area (Å²) in [5.74, 6) is 2.63. The highest BCUT2D eigenvalue weighted by molar-refractivity contribution is 5.33. The van der Waals surface area contributed by atoms with Crippen molar-refractivity contribution >= 4 is 0 Å². The molecule has 26 heavy (non-hydrogen) atoms. The van der Waals surface area contributed by atoms with E-state index >= 15 is 0 Å². The molecule has 6 heteroatoms. The number of aryl methyl sites for hydroxylation is 1. The van der Waals surface area contributed by atoms with Crippen molar-refractivity contribution in [3.63, 3.8) is 0 Å². The van der Waals surface area contributed by atoms with Gasteiger partial charge in [0, 0.05) is 44.1 Å². The molecule has 0 radical (unpaired) electrons. The third-order valence-corrected chi connectivity index (χ3v) is 4.48. The first-order valence-electron chi connectivity index (χ1n) is 9.21. The van der Waals surface area contributed by atoms with Crippen LogP contribution in [0.4, 0.5) is 0 Å². The van der Waals surface area contributed by atoms with Gasteiger partial charge in [-0.2, -0.15) is 0 Å². The van der Waals surface area contributed by atoms with E-state index in [1.807, 2.05) is 51.1 Å². The van der Waals surface area contributed by atoms with Crippen LogP contribution in [0.5, 0.6) is 11.5 Å². The van der Waals surface area contributed by atoms with Crippen molar-refractivity contribution in [2.75, 3.05) is 26.2 Å². The van der Waals surface area contributed by atoms with Crippen LogP contribution in [-0.4, -0.2) is 53.6 Å². The molecule has 1 N–H and O–H groups in total. The zero-order chi connectivity index (χ0) is 18.5. The van der Waals surface area contributed by atoms with E-state index in [2.05, 4.69) is 10.1 Å². The zero-order valence-corrected chi connectivity index (χ0v) is 15.7. The van der Waals surface area contributed by atoms with E-state index in [9.17, 15) is 5.11 Å². The van der Waals surface area contributed by atoms with Crippen LogP contribution in [0.3, 0.4) is 0 Å². The second-order valence-corrected chi connectivity index (χ2v) is 7.22. The molecule has 3 rings (SSSR count). The van der Waals surface area contributed by atoms with Crippen molar-refractivity contribution < 1.29 is 19.1 Å². The van der Waals surface area contributed by atoms with Crippen LogP contribution in [0.25, 0.3) is 0 Å². The zero-order valence-electron chi connectivity index (χ0n) is 15.7. The van der Waals surface area contributed by atoms with Gasteiger partial charge in [-0.25, -0.2) is 0 Å². The summed E-state index contributed by atoms with van der Waals surface area (Å²) >= 11 is 0. The fraction of sp³-hybridized carbons (Fsp3) is 0.550. The Balaban J connectivity index is 1.44. The molecular weight excluding hydrogens is 332 g/mol. The van der Waals surface area contributed by atoms with E-state index in [0.29, 0.717) is 19.6 Å². The number of aromatic nitrogens is 1. The minimum atomic E-state index is -0.344. The van der Waals surface area contributed by atoms with Gasteiger partial charge in [0.05, 0.1) is 17.9 Å². The van der Waals surface area contributed by atoms with Crippen molar-refractivity contribution in [2.45, 2.75) is 39.4 Å².